The van der Waals surface area contributed by atoms with Crippen molar-refractivity contribution in [3.63, 3.8) is 0 Å². The molecule has 0 unspecified atom stereocenters. The molecule has 6 nitrogen and oxygen atoms in total. The van der Waals surface area contributed by atoms with Gasteiger partial charge in [0.15, 0.2) is 6.10 Å². The Bertz CT molecular complexity index is 753. The van der Waals surface area contributed by atoms with Gasteiger partial charge in [0.05, 0.1) is 5.69 Å². The number of hydrogen-bond acceptors (Lipinski definition) is 5. The summed E-state index contributed by atoms with van der Waals surface area (Å²) in [6.45, 7) is 5.25. The summed E-state index contributed by atoms with van der Waals surface area (Å²) in [4.78, 5) is 26.4. The maximum atomic E-state index is 12.7. The lowest BCUT2D eigenvalue weighted by Gasteiger charge is -2.25. The molecular formula is C17H18N2O4. The minimum absolute atomic E-state index is 0.00276. The van der Waals surface area contributed by atoms with E-state index in [1.165, 1.54) is 6.07 Å². The number of aryl methyl sites for hydroxylation is 1. The van der Waals surface area contributed by atoms with E-state index in [0.29, 0.717) is 5.69 Å². The molecule has 120 valence electrons. The number of benzene rings is 1. The van der Waals surface area contributed by atoms with Gasteiger partial charge >= 0.3 is 5.97 Å². The third-order valence-electron chi connectivity index (χ3n) is 3.91. The number of anilines is 1. The number of carbonyl (C=O) groups excluding carboxylic acids is 2. The van der Waals surface area contributed by atoms with Crippen molar-refractivity contribution in [2.24, 2.45) is 0 Å². The van der Waals surface area contributed by atoms with Crippen LogP contribution in [0.15, 0.2) is 34.9 Å². The first-order valence-corrected chi connectivity index (χ1v) is 7.52. The zero-order chi connectivity index (χ0) is 16.6. The average molecular weight is 314 g/mol. The Morgan fingerprint density at radius 3 is 2.83 bits per heavy atom. The van der Waals surface area contributed by atoms with Crippen molar-refractivity contribution in [2.45, 2.75) is 39.3 Å². The van der Waals surface area contributed by atoms with Crippen molar-refractivity contribution < 1.29 is 18.8 Å². The number of para-hydroxylation sites is 1. The lowest BCUT2D eigenvalue weighted by atomic mass is 10.1. The standard InChI is InChI=1S/C17H18N2O4/c1-10-8-15(23-18-10)17(21)22-12(3)16(20)19-11(2)9-13-6-4-5-7-14(13)19/h4-8,11-12H,9H2,1-3H3/t11-,12-/m1/s1. The van der Waals surface area contributed by atoms with Gasteiger partial charge in [-0.15, -0.1) is 0 Å². The van der Waals surface area contributed by atoms with E-state index in [1.54, 1.807) is 18.7 Å². The third-order valence-corrected chi connectivity index (χ3v) is 3.91. The first-order valence-electron chi connectivity index (χ1n) is 7.52. The van der Waals surface area contributed by atoms with Crippen molar-refractivity contribution in [3.8, 4) is 0 Å². The van der Waals surface area contributed by atoms with E-state index in [9.17, 15) is 9.59 Å². The molecule has 1 aliphatic heterocycles. The van der Waals surface area contributed by atoms with E-state index >= 15 is 0 Å². The summed E-state index contributed by atoms with van der Waals surface area (Å²) in [5.74, 6) is -0.935. The summed E-state index contributed by atoms with van der Waals surface area (Å²) >= 11 is 0. The van der Waals surface area contributed by atoms with Gasteiger partial charge in [0, 0.05) is 17.8 Å². The van der Waals surface area contributed by atoms with Gasteiger partial charge in [-0.2, -0.15) is 0 Å². The van der Waals surface area contributed by atoms with Crippen LogP contribution in [0.2, 0.25) is 0 Å². The van der Waals surface area contributed by atoms with Gasteiger partial charge in [0.25, 0.3) is 5.91 Å². The molecule has 0 N–H and O–H groups in total. The molecule has 1 aromatic carbocycles. The van der Waals surface area contributed by atoms with Gasteiger partial charge in [0.2, 0.25) is 5.76 Å². The van der Waals surface area contributed by atoms with Crippen molar-refractivity contribution in [3.05, 3.63) is 47.3 Å². The van der Waals surface area contributed by atoms with Gasteiger partial charge in [-0.1, -0.05) is 23.4 Å². The molecule has 2 heterocycles. The van der Waals surface area contributed by atoms with Gasteiger partial charge in [-0.3, -0.25) is 4.79 Å². The summed E-state index contributed by atoms with van der Waals surface area (Å²) in [6, 6.07) is 9.28. The molecule has 1 aliphatic rings. The number of esters is 1. The molecule has 0 fully saturated rings. The number of hydrogen-bond donors (Lipinski definition) is 0. The van der Waals surface area contributed by atoms with Crippen LogP contribution >= 0.6 is 0 Å². The normalized spacial score (nSPS) is 17.7. The Hall–Kier alpha value is -2.63. The number of amides is 1. The molecule has 2 aromatic rings. The molecule has 0 aliphatic carbocycles. The average Bonchev–Trinajstić information content (AvgIpc) is 3.09. The molecule has 0 radical (unpaired) electrons. The fourth-order valence-electron chi connectivity index (χ4n) is 2.83. The highest BCUT2D eigenvalue weighted by molar-refractivity contribution is 6.00. The van der Waals surface area contributed by atoms with Crippen LogP contribution in [-0.2, 0) is 16.0 Å². The molecule has 6 heteroatoms. The van der Waals surface area contributed by atoms with Crippen LogP contribution in [0.25, 0.3) is 0 Å². The summed E-state index contributed by atoms with van der Waals surface area (Å²) in [5.41, 5.74) is 2.58. The number of rotatable bonds is 3. The van der Waals surface area contributed by atoms with E-state index in [2.05, 4.69) is 5.16 Å². The quantitative estimate of drug-likeness (QED) is 0.814. The summed E-state index contributed by atoms with van der Waals surface area (Å²) in [5, 5.41) is 3.64. The monoisotopic (exact) mass is 314 g/mol. The maximum Gasteiger partial charge on any atom is 0.377 e. The molecule has 0 bridgehead atoms. The molecular weight excluding hydrogens is 296 g/mol. The van der Waals surface area contributed by atoms with E-state index in [4.69, 9.17) is 9.26 Å². The fourth-order valence-corrected chi connectivity index (χ4v) is 2.83. The van der Waals surface area contributed by atoms with Gasteiger partial charge in [-0.05, 0) is 38.8 Å². The Kier molecular flexibility index (Phi) is 3.90. The SMILES string of the molecule is Cc1cc(C(=O)O[C@H](C)C(=O)N2c3ccccc3C[C@H]2C)on1. The summed E-state index contributed by atoms with van der Waals surface area (Å²) in [6.07, 6.45) is -0.106. The fraction of sp³-hybridized carbons (Fsp3) is 0.353. The summed E-state index contributed by atoms with van der Waals surface area (Å²) in [7, 11) is 0. The molecule has 3 rings (SSSR count). The van der Waals surface area contributed by atoms with Gasteiger partial charge in [-0.25, -0.2) is 4.79 Å². The highest BCUT2D eigenvalue weighted by atomic mass is 16.6. The predicted octanol–water partition coefficient (Wildman–Crippen LogP) is 2.51. The van der Waals surface area contributed by atoms with Gasteiger partial charge in [0.1, 0.15) is 0 Å². The first kappa shape index (κ1) is 15.3. The Morgan fingerprint density at radius 1 is 1.39 bits per heavy atom. The van der Waals surface area contributed by atoms with Crippen LogP contribution < -0.4 is 4.90 Å². The molecule has 0 saturated carbocycles. The lowest BCUT2D eigenvalue weighted by molar-refractivity contribution is -0.126. The third kappa shape index (κ3) is 2.84. The Balaban J connectivity index is 1.74. The smallest absolute Gasteiger partial charge is 0.377 e. The Morgan fingerprint density at radius 2 is 2.13 bits per heavy atom. The first-order chi connectivity index (χ1) is 11.0. The number of ether oxygens (including phenoxy) is 1. The van der Waals surface area contributed by atoms with Crippen molar-refractivity contribution in [2.75, 3.05) is 4.90 Å². The van der Waals surface area contributed by atoms with E-state index < -0.39 is 12.1 Å². The van der Waals surface area contributed by atoms with Crippen LogP contribution in [0.5, 0.6) is 0 Å². The second kappa shape index (κ2) is 5.87. The second-order valence-electron chi connectivity index (χ2n) is 5.77. The highest BCUT2D eigenvalue weighted by Crippen LogP contribution is 2.32. The van der Waals surface area contributed by atoms with E-state index in [-0.39, 0.29) is 17.7 Å². The topological polar surface area (TPSA) is 72.6 Å². The number of carbonyl (C=O) groups is 2. The number of aromatic nitrogens is 1. The van der Waals surface area contributed by atoms with E-state index in [1.807, 2.05) is 31.2 Å². The van der Waals surface area contributed by atoms with Crippen LogP contribution in [-0.4, -0.2) is 29.2 Å². The largest absolute Gasteiger partial charge is 0.447 e. The predicted molar refractivity (Wildman–Crippen MR) is 83.2 cm³/mol. The minimum Gasteiger partial charge on any atom is -0.447 e. The van der Waals surface area contributed by atoms with Crippen molar-refractivity contribution >= 4 is 17.6 Å². The zero-order valence-electron chi connectivity index (χ0n) is 13.3. The molecule has 2 atom stereocenters. The molecule has 0 spiro atoms. The van der Waals surface area contributed by atoms with Crippen molar-refractivity contribution in [1.82, 2.24) is 5.16 Å². The van der Waals surface area contributed by atoms with Crippen LogP contribution in [0.1, 0.15) is 35.7 Å². The molecule has 0 saturated heterocycles. The van der Waals surface area contributed by atoms with Crippen LogP contribution in [0, 0.1) is 6.92 Å². The Labute approximate surface area is 134 Å². The lowest BCUT2D eigenvalue weighted by Crippen LogP contribution is -2.43. The van der Waals surface area contributed by atoms with E-state index in [0.717, 1.165) is 17.7 Å². The molecule has 1 amide bonds. The number of nitrogens with zero attached hydrogens (tertiary/aromatic N) is 2. The van der Waals surface area contributed by atoms with Crippen LogP contribution in [0.3, 0.4) is 0 Å². The highest BCUT2D eigenvalue weighted by Gasteiger charge is 2.34. The van der Waals surface area contributed by atoms with Crippen LogP contribution in [0.4, 0.5) is 5.69 Å². The zero-order valence-corrected chi connectivity index (χ0v) is 13.3. The minimum atomic E-state index is -0.901. The second-order valence-corrected chi connectivity index (χ2v) is 5.77. The number of fused-ring (bicyclic) bond motifs is 1. The molecule has 23 heavy (non-hydrogen) atoms. The summed E-state index contributed by atoms with van der Waals surface area (Å²) < 4.78 is 10.1. The maximum absolute atomic E-state index is 12.7. The molecule has 1 aromatic heterocycles. The van der Waals surface area contributed by atoms with Crippen molar-refractivity contribution in [1.29, 1.82) is 0 Å². The van der Waals surface area contributed by atoms with Gasteiger partial charge < -0.3 is 14.2 Å².